The molecule has 1 aromatic rings. The topological polar surface area (TPSA) is 38.3 Å². The Balaban J connectivity index is 2.17. The third-order valence-corrected chi connectivity index (χ3v) is 2.35. The Labute approximate surface area is 87.2 Å². The lowest BCUT2D eigenvalue weighted by molar-refractivity contribution is -0.119. The van der Waals surface area contributed by atoms with Gasteiger partial charge in [0, 0.05) is 6.92 Å². The minimum Gasteiger partial charge on any atom is -0.488 e. The minimum absolute atomic E-state index is 0.0585. The van der Waals surface area contributed by atoms with Crippen LogP contribution in [0.1, 0.15) is 12.5 Å². The van der Waals surface area contributed by atoms with Gasteiger partial charge in [-0.05, 0) is 18.1 Å². The average Bonchev–Trinajstić information content (AvgIpc) is 2.17. The number of carbonyl (C=O) groups excluding carboxylic acids is 1. The number of fused-ring (bicyclic) bond motifs is 1. The van der Waals surface area contributed by atoms with Crippen LogP contribution in [0.5, 0.6) is 5.75 Å². The molecule has 0 aromatic heterocycles. The number of hydrogen-bond donors (Lipinski definition) is 1. The van der Waals surface area contributed by atoms with E-state index in [-0.39, 0.29) is 17.8 Å². The van der Waals surface area contributed by atoms with Crippen LogP contribution in [0.4, 0.5) is 4.39 Å². The van der Waals surface area contributed by atoms with E-state index in [1.807, 2.05) is 6.07 Å². The standard InChI is InChI=1S/C11H12FNO2/c1-7(14)13-9-5-8-3-2-4-10(12)11(8)15-6-9/h2-4,9H,5-6H2,1H3,(H,13,14)/t9-/m0/s1. The fourth-order valence-corrected chi connectivity index (χ4v) is 1.76. The van der Waals surface area contributed by atoms with E-state index in [1.165, 1.54) is 13.0 Å². The maximum absolute atomic E-state index is 13.2. The van der Waals surface area contributed by atoms with E-state index in [1.54, 1.807) is 6.07 Å². The molecule has 0 fully saturated rings. The molecule has 15 heavy (non-hydrogen) atoms. The Morgan fingerprint density at radius 1 is 1.60 bits per heavy atom. The van der Waals surface area contributed by atoms with Crippen molar-refractivity contribution in [1.29, 1.82) is 0 Å². The molecule has 1 aliphatic heterocycles. The Bertz CT molecular complexity index is 392. The van der Waals surface area contributed by atoms with Crippen molar-refractivity contribution in [2.45, 2.75) is 19.4 Å². The van der Waals surface area contributed by atoms with Gasteiger partial charge in [-0.3, -0.25) is 4.79 Å². The summed E-state index contributed by atoms with van der Waals surface area (Å²) in [4.78, 5) is 10.9. The predicted molar refractivity (Wildman–Crippen MR) is 53.2 cm³/mol. The molecule has 2 rings (SSSR count). The number of para-hydroxylation sites is 1. The normalized spacial score (nSPS) is 18.9. The van der Waals surface area contributed by atoms with Gasteiger partial charge in [0.1, 0.15) is 6.61 Å². The fourth-order valence-electron chi connectivity index (χ4n) is 1.76. The Morgan fingerprint density at radius 3 is 3.13 bits per heavy atom. The molecule has 1 heterocycles. The largest absolute Gasteiger partial charge is 0.488 e. The average molecular weight is 209 g/mol. The maximum atomic E-state index is 13.2. The van der Waals surface area contributed by atoms with E-state index < -0.39 is 0 Å². The van der Waals surface area contributed by atoms with E-state index >= 15 is 0 Å². The van der Waals surface area contributed by atoms with Crippen molar-refractivity contribution in [3.05, 3.63) is 29.6 Å². The first-order chi connectivity index (χ1) is 7.16. The first-order valence-corrected chi connectivity index (χ1v) is 4.84. The number of ether oxygens (including phenoxy) is 1. The number of hydrogen-bond acceptors (Lipinski definition) is 2. The summed E-state index contributed by atoms with van der Waals surface area (Å²) in [5.74, 6) is -0.115. The van der Waals surface area contributed by atoms with Crippen molar-refractivity contribution in [1.82, 2.24) is 5.32 Å². The molecule has 1 aromatic carbocycles. The highest BCUT2D eigenvalue weighted by Gasteiger charge is 2.22. The lowest BCUT2D eigenvalue weighted by Crippen LogP contribution is -2.41. The van der Waals surface area contributed by atoms with Gasteiger partial charge >= 0.3 is 0 Å². The van der Waals surface area contributed by atoms with Gasteiger partial charge in [-0.1, -0.05) is 12.1 Å². The summed E-state index contributed by atoms with van der Waals surface area (Å²) in [7, 11) is 0. The summed E-state index contributed by atoms with van der Waals surface area (Å²) in [6, 6.07) is 4.77. The van der Waals surface area contributed by atoms with E-state index in [4.69, 9.17) is 4.74 Å². The molecular weight excluding hydrogens is 197 g/mol. The molecule has 0 radical (unpaired) electrons. The van der Waals surface area contributed by atoms with Gasteiger partial charge in [-0.15, -0.1) is 0 Å². The van der Waals surface area contributed by atoms with Crippen molar-refractivity contribution in [2.24, 2.45) is 0 Å². The molecule has 0 bridgehead atoms. The van der Waals surface area contributed by atoms with Crippen molar-refractivity contribution >= 4 is 5.91 Å². The summed E-state index contributed by atoms with van der Waals surface area (Å²) in [5, 5.41) is 2.76. The molecule has 0 aliphatic carbocycles. The number of carbonyl (C=O) groups is 1. The molecule has 1 amide bonds. The molecule has 3 nitrogen and oxygen atoms in total. The molecule has 0 unspecified atom stereocenters. The van der Waals surface area contributed by atoms with Gasteiger partial charge < -0.3 is 10.1 Å². The van der Waals surface area contributed by atoms with Crippen molar-refractivity contribution in [2.75, 3.05) is 6.61 Å². The Morgan fingerprint density at radius 2 is 2.40 bits per heavy atom. The third-order valence-electron chi connectivity index (χ3n) is 2.35. The van der Waals surface area contributed by atoms with Crippen LogP contribution in [0.25, 0.3) is 0 Å². The van der Waals surface area contributed by atoms with Crippen LogP contribution in [0.2, 0.25) is 0 Å². The second kappa shape index (κ2) is 3.88. The summed E-state index contributed by atoms with van der Waals surface area (Å²) in [6.45, 7) is 1.79. The molecule has 4 heteroatoms. The monoisotopic (exact) mass is 209 g/mol. The van der Waals surface area contributed by atoms with Crippen molar-refractivity contribution in [3.63, 3.8) is 0 Å². The minimum atomic E-state index is -0.339. The SMILES string of the molecule is CC(=O)N[C@@H]1COc2c(F)cccc2C1. The van der Waals surface area contributed by atoms with Crippen LogP contribution in [0.15, 0.2) is 18.2 Å². The third kappa shape index (κ3) is 2.09. The van der Waals surface area contributed by atoms with Gasteiger partial charge in [0.25, 0.3) is 0 Å². The van der Waals surface area contributed by atoms with Crippen LogP contribution < -0.4 is 10.1 Å². The van der Waals surface area contributed by atoms with Gasteiger partial charge in [-0.25, -0.2) is 4.39 Å². The van der Waals surface area contributed by atoms with E-state index in [2.05, 4.69) is 5.32 Å². The Hall–Kier alpha value is -1.58. The quantitative estimate of drug-likeness (QED) is 0.756. The lowest BCUT2D eigenvalue weighted by Gasteiger charge is -2.25. The van der Waals surface area contributed by atoms with Crippen LogP contribution in [-0.4, -0.2) is 18.6 Å². The molecule has 0 spiro atoms. The van der Waals surface area contributed by atoms with Crippen molar-refractivity contribution < 1.29 is 13.9 Å². The van der Waals surface area contributed by atoms with Gasteiger partial charge in [0.15, 0.2) is 11.6 Å². The van der Waals surface area contributed by atoms with Gasteiger partial charge in [0.2, 0.25) is 5.91 Å². The molecule has 80 valence electrons. The summed E-state index contributed by atoms with van der Waals surface area (Å²) < 4.78 is 18.5. The lowest BCUT2D eigenvalue weighted by atomic mass is 10.0. The highest BCUT2D eigenvalue weighted by Crippen LogP contribution is 2.27. The first kappa shape index (κ1) is 9.96. The van der Waals surface area contributed by atoms with Crippen molar-refractivity contribution in [3.8, 4) is 5.75 Å². The second-order valence-electron chi connectivity index (χ2n) is 3.64. The molecule has 1 N–H and O–H groups in total. The number of halogens is 1. The smallest absolute Gasteiger partial charge is 0.217 e. The molecular formula is C11H12FNO2. The van der Waals surface area contributed by atoms with Crippen LogP contribution in [0.3, 0.4) is 0 Å². The van der Waals surface area contributed by atoms with Crippen LogP contribution in [0, 0.1) is 5.82 Å². The maximum Gasteiger partial charge on any atom is 0.217 e. The van der Waals surface area contributed by atoms with Gasteiger partial charge in [-0.2, -0.15) is 0 Å². The summed E-state index contributed by atoms with van der Waals surface area (Å²) in [6.07, 6.45) is 0.618. The predicted octanol–water partition coefficient (Wildman–Crippen LogP) is 1.27. The van der Waals surface area contributed by atoms with Crippen LogP contribution in [-0.2, 0) is 11.2 Å². The first-order valence-electron chi connectivity index (χ1n) is 4.84. The van der Waals surface area contributed by atoms with E-state index in [9.17, 15) is 9.18 Å². The molecule has 0 saturated carbocycles. The zero-order chi connectivity index (χ0) is 10.8. The Kier molecular flexibility index (Phi) is 2.58. The van der Waals surface area contributed by atoms with E-state index in [0.29, 0.717) is 18.8 Å². The van der Waals surface area contributed by atoms with E-state index in [0.717, 1.165) is 5.56 Å². The molecule has 1 aliphatic rings. The number of nitrogens with one attached hydrogen (secondary N) is 1. The summed E-state index contributed by atoms with van der Waals surface area (Å²) in [5.41, 5.74) is 0.806. The zero-order valence-electron chi connectivity index (χ0n) is 8.42. The number of benzene rings is 1. The van der Waals surface area contributed by atoms with Gasteiger partial charge in [0.05, 0.1) is 6.04 Å². The molecule has 0 saturated heterocycles. The highest BCUT2D eigenvalue weighted by atomic mass is 19.1. The zero-order valence-corrected chi connectivity index (χ0v) is 8.42. The number of rotatable bonds is 1. The molecule has 1 atom stereocenters. The number of amides is 1. The summed E-state index contributed by atoms with van der Waals surface area (Å²) >= 11 is 0. The second-order valence-corrected chi connectivity index (χ2v) is 3.64. The highest BCUT2D eigenvalue weighted by molar-refractivity contribution is 5.73. The fraction of sp³-hybridized carbons (Fsp3) is 0.364. The van der Waals surface area contributed by atoms with Crippen LogP contribution >= 0.6 is 0 Å².